The SMILES string of the molecule is CC1(C)OB([C@H](O)CCCCOCc2ccccc2)OC1(C)C. The largest absolute Gasteiger partial charge is 0.488 e. The predicted molar refractivity (Wildman–Crippen MR) is 92.0 cm³/mol. The first-order valence-electron chi connectivity index (χ1n) is 8.47. The highest BCUT2D eigenvalue weighted by Crippen LogP contribution is 2.37. The second-order valence-corrected chi connectivity index (χ2v) is 7.23. The maximum Gasteiger partial charge on any atom is 0.488 e. The van der Waals surface area contributed by atoms with E-state index in [0.29, 0.717) is 19.6 Å². The summed E-state index contributed by atoms with van der Waals surface area (Å²) in [7, 11) is -0.537. The molecule has 2 rings (SSSR count). The maximum atomic E-state index is 10.3. The Hall–Kier alpha value is -0.875. The van der Waals surface area contributed by atoms with Gasteiger partial charge in [-0.25, -0.2) is 0 Å². The molecule has 0 bridgehead atoms. The molecule has 0 amide bonds. The van der Waals surface area contributed by atoms with Crippen molar-refractivity contribution in [2.24, 2.45) is 0 Å². The zero-order chi connectivity index (χ0) is 16.9. The Morgan fingerprint density at radius 1 is 1.04 bits per heavy atom. The molecular formula is C18H29BO4. The van der Waals surface area contributed by atoms with Crippen molar-refractivity contribution in [2.45, 2.75) is 70.8 Å². The number of aliphatic hydroxyl groups excluding tert-OH is 1. The maximum absolute atomic E-state index is 10.3. The van der Waals surface area contributed by atoms with Gasteiger partial charge in [-0.15, -0.1) is 0 Å². The minimum Gasteiger partial charge on any atom is -0.402 e. The van der Waals surface area contributed by atoms with E-state index in [-0.39, 0.29) is 0 Å². The van der Waals surface area contributed by atoms with Gasteiger partial charge in [-0.1, -0.05) is 30.3 Å². The molecular weight excluding hydrogens is 291 g/mol. The van der Waals surface area contributed by atoms with Crippen LogP contribution < -0.4 is 0 Å². The lowest BCUT2D eigenvalue weighted by molar-refractivity contribution is 0.00578. The summed E-state index contributed by atoms with van der Waals surface area (Å²) in [5.41, 5.74) is 0.402. The summed E-state index contributed by atoms with van der Waals surface area (Å²) in [5.74, 6) is 0. The van der Waals surface area contributed by atoms with Gasteiger partial charge in [0, 0.05) is 6.61 Å². The van der Waals surface area contributed by atoms with E-state index in [2.05, 4.69) is 12.1 Å². The first-order valence-corrected chi connectivity index (χ1v) is 8.47. The molecule has 1 aromatic rings. The van der Waals surface area contributed by atoms with Crippen LogP contribution in [0.3, 0.4) is 0 Å². The molecule has 0 radical (unpaired) electrons. The first-order chi connectivity index (χ1) is 10.8. The average Bonchev–Trinajstić information content (AvgIpc) is 2.72. The van der Waals surface area contributed by atoms with Gasteiger partial charge < -0.3 is 19.2 Å². The Labute approximate surface area is 140 Å². The van der Waals surface area contributed by atoms with Crippen molar-refractivity contribution in [1.82, 2.24) is 0 Å². The number of rotatable bonds is 8. The number of hydrogen-bond donors (Lipinski definition) is 1. The predicted octanol–water partition coefficient (Wildman–Crippen LogP) is 3.37. The van der Waals surface area contributed by atoms with E-state index in [9.17, 15) is 5.11 Å². The van der Waals surface area contributed by atoms with Gasteiger partial charge in [0.25, 0.3) is 0 Å². The lowest BCUT2D eigenvalue weighted by Gasteiger charge is -2.32. The fourth-order valence-electron chi connectivity index (χ4n) is 2.50. The van der Waals surface area contributed by atoms with Crippen LogP contribution in [0, 0.1) is 0 Å². The molecule has 0 aliphatic carbocycles. The third kappa shape index (κ3) is 5.05. The molecule has 0 aromatic heterocycles. The lowest BCUT2D eigenvalue weighted by Crippen LogP contribution is -2.41. The van der Waals surface area contributed by atoms with Crippen molar-refractivity contribution in [3.8, 4) is 0 Å². The fraction of sp³-hybridized carbons (Fsp3) is 0.667. The quantitative estimate of drug-likeness (QED) is 0.589. The number of ether oxygens (including phenoxy) is 1. The number of aliphatic hydroxyl groups is 1. The van der Waals surface area contributed by atoms with Gasteiger partial charge in [0.05, 0.1) is 23.8 Å². The zero-order valence-corrected chi connectivity index (χ0v) is 14.7. The molecule has 1 aromatic carbocycles. The molecule has 5 heteroatoms. The summed E-state index contributed by atoms with van der Waals surface area (Å²) in [4.78, 5) is 0. The molecule has 1 atom stereocenters. The molecule has 1 aliphatic heterocycles. The van der Waals surface area contributed by atoms with E-state index in [1.807, 2.05) is 45.9 Å². The van der Waals surface area contributed by atoms with E-state index in [1.54, 1.807) is 0 Å². The van der Waals surface area contributed by atoms with E-state index in [1.165, 1.54) is 5.56 Å². The van der Waals surface area contributed by atoms with Crippen LogP contribution in [-0.4, -0.2) is 36.0 Å². The third-order valence-corrected chi connectivity index (χ3v) is 4.74. The fourth-order valence-corrected chi connectivity index (χ4v) is 2.50. The van der Waals surface area contributed by atoms with Crippen molar-refractivity contribution in [2.75, 3.05) is 6.61 Å². The van der Waals surface area contributed by atoms with Crippen LogP contribution in [0.5, 0.6) is 0 Å². The Bertz CT molecular complexity index is 459. The second-order valence-electron chi connectivity index (χ2n) is 7.23. The van der Waals surface area contributed by atoms with E-state index in [4.69, 9.17) is 14.0 Å². The van der Waals surface area contributed by atoms with Gasteiger partial charge >= 0.3 is 7.12 Å². The summed E-state index contributed by atoms with van der Waals surface area (Å²) in [5, 5.41) is 10.3. The third-order valence-electron chi connectivity index (χ3n) is 4.74. The number of unbranched alkanes of at least 4 members (excludes halogenated alkanes) is 1. The smallest absolute Gasteiger partial charge is 0.402 e. The molecule has 1 saturated heterocycles. The first kappa shape index (κ1) is 18.5. The number of hydrogen-bond acceptors (Lipinski definition) is 4. The van der Waals surface area contributed by atoms with E-state index < -0.39 is 24.3 Å². The molecule has 1 N–H and O–H groups in total. The Kier molecular flexibility index (Phi) is 6.26. The molecule has 128 valence electrons. The minimum absolute atomic E-state index is 0.391. The van der Waals surface area contributed by atoms with Crippen molar-refractivity contribution >= 4 is 7.12 Å². The molecule has 4 nitrogen and oxygen atoms in total. The van der Waals surface area contributed by atoms with E-state index in [0.717, 1.165) is 12.8 Å². The lowest BCUT2D eigenvalue weighted by atomic mass is 9.78. The topological polar surface area (TPSA) is 47.9 Å². The Morgan fingerprint density at radius 2 is 1.65 bits per heavy atom. The molecule has 0 spiro atoms. The second kappa shape index (κ2) is 7.80. The van der Waals surface area contributed by atoms with Crippen LogP contribution in [0.4, 0.5) is 0 Å². The normalized spacial score (nSPS) is 20.7. The highest BCUT2D eigenvalue weighted by molar-refractivity contribution is 6.47. The molecule has 23 heavy (non-hydrogen) atoms. The van der Waals surface area contributed by atoms with Crippen molar-refractivity contribution in [1.29, 1.82) is 0 Å². The molecule has 0 saturated carbocycles. The summed E-state index contributed by atoms with van der Waals surface area (Å²) < 4.78 is 17.4. The van der Waals surface area contributed by atoms with Crippen LogP contribution in [0.2, 0.25) is 0 Å². The highest BCUT2D eigenvalue weighted by atomic mass is 16.7. The summed E-state index contributed by atoms with van der Waals surface area (Å²) in [6, 6.07) is 9.55. The molecule has 1 heterocycles. The van der Waals surface area contributed by atoms with Crippen molar-refractivity contribution < 1.29 is 19.2 Å². The number of benzene rings is 1. The van der Waals surface area contributed by atoms with Gasteiger partial charge in [0.1, 0.15) is 0 Å². The zero-order valence-electron chi connectivity index (χ0n) is 14.7. The Morgan fingerprint density at radius 3 is 2.26 bits per heavy atom. The van der Waals surface area contributed by atoms with Gasteiger partial charge in [-0.05, 0) is 52.5 Å². The van der Waals surface area contributed by atoms with Crippen molar-refractivity contribution in [3.63, 3.8) is 0 Å². The summed E-state index contributed by atoms with van der Waals surface area (Å²) >= 11 is 0. The molecule has 0 unspecified atom stereocenters. The van der Waals surface area contributed by atoms with E-state index >= 15 is 0 Å². The van der Waals surface area contributed by atoms with Crippen LogP contribution in [-0.2, 0) is 20.7 Å². The molecule has 1 aliphatic rings. The van der Waals surface area contributed by atoms with Gasteiger partial charge in [-0.3, -0.25) is 0 Å². The van der Waals surface area contributed by atoms with Crippen LogP contribution in [0.1, 0.15) is 52.5 Å². The molecule has 1 fully saturated rings. The van der Waals surface area contributed by atoms with Gasteiger partial charge in [0.2, 0.25) is 0 Å². The van der Waals surface area contributed by atoms with Crippen molar-refractivity contribution in [3.05, 3.63) is 35.9 Å². The minimum atomic E-state index is -0.592. The van der Waals surface area contributed by atoms with Crippen LogP contribution >= 0.6 is 0 Å². The highest BCUT2D eigenvalue weighted by Gasteiger charge is 2.53. The van der Waals surface area contributed by atoms with Crippen LogP contribution in [0.15, 0.2) is 30.3 Å². The monoisotopic (exact) mass is 320 g/mol. The standard InChI is InChI=1S/C18H29BO4/c1-17(2)18(3,4)23-19(22-17)16(20)12-8-9-13-21-14-15-10-6-5-7-11-15/h5-7,10-11,16,20H,8-9,12-14H2,1-4H3/t16-/m1/s1. The van der Waals surface area contributed by atoms with Gasteiger partial charge in [0.15, 0.2) is 0 Å². The van der Waals surface area contributed by atoms with Crippen LogP contribution in [0.25, 0.3) is 0 Å². The summed E-state index contributed by atoms with van der Waals surface area (Å²) in [6.07, 6.45) is 2.47. The Balaban J connectivity index is 1.60. The average molecular weight is 320 g/mol. The van der Waals surface area contributed by atoms with Gasteiger partial charge in [-0.2, -0.15) is 0 Å². The summed E-state index contributed by atoms with van der Waals surface area (Å²) in [6.45, 7) is 9.33.